The average Bonchev–Trinajstić information content (AvgIpc) is 2.74. The van der Waals surface area contributed by atoms with Gasteiger partial charge in [0.2, 0.25) is 21.8 Å². The Bertz CT molecular complexity index is 560. The van der Waals surface area contributed by atoms with Crippen LogP contribution in [0.3, 0.4) is 0 Å². The van der Waals surface area contributed by atoms with Crippen molar-refractivity contribution in [1.29, 1.82) is 0 Å². The van der Waals surface area contributed by atoms with Gasteiger partial charge < -0.3 is 15.7 Å². The molecule has 10 heteroatoms. The van der Waals surface area contributed by atoms with Crippen LogP contribution in [0.15, 0.2) is 0 Å². The lowest BCUT2D eigenvalue weighted by atomic mass is 10.0. The van der Waals surface area contributed by atoms with E-state index in [1.54, 1.807) is 0 Å². The third kappa shape index (κ3) is 6.53. The van der Waals surface area contributed by atoms with Gasteiger partial charge in [0.05, 0.1) is 18.8 Å². The highest BCUT2D eigenvalue weighted by molar-refractivity contribution is 7.89. The van der Waals surface area contributed by atoms with Gasteiger partial charge in [0.25, 0.3) is 0 Å². The van der Waals surface area contributed by atoms with Crippen LogP contribution >= 0.6 is 0 Å². The summed E-state index contributed by atoms with van der Waals surface area (Å²) in [7, 11) is -3.37. The summed E-state index contributed by atoms with van der Waals surface area (Å²) in [5, 5.41) is 13.6. The number of nitrogens with zero attached hydrogens (tertiary/aromatic N) is 1. The van der Waals surface area contributed by atoms with Crippen molar-refractivity contribution in [3.63, 3.8) is 0 Å². The van der Waals surface area contributed by atoms with Gasteiger partial charge >= 0.3 is 5.97 Å². The molecular weight excluding hydrogens is 326 g/mol. The van der Waals surface area contributed by atoms with E-state index < -0.39 is 40.4 Å². The summed E-state index contributed by atoms with van der Waals surface area (Å²) in [6.45, 7) is 3.23. The molecule has 0 spiro atoms. The summed E-state index contributed by atoms with van der Waals surface area (Å²) in [4.78, 5) is 34.4. The van der Waals surface area contributed by atoms with Crippen molar-refractivity contribution < 1.29 is 27.9 Å². The molecular formula is C13H23N3O6S. The predicted molar refractivity (Wildman–Crippen MR) is 82.0 cm³/mol. The van der Waals surface area contributed by atoms with Crippen LogP contribution in [0, 0.1) is 5.92 Å². The van der Waals surface area contributed by atoms with E-state index in [9.17, 15) is 22.8 Å². The molecule has 1 rings (SSSR count). The number of sulfonamides is 1. The van der Waals surface area contributed by atoms with Crippen molar-refractivity contribution in [3.8, 4) is 0 Å². The van der Waals surface area contributed by atoms with Gasteiger partial charge in [0.15, 0.2) is 0 Å². The molecule has 1 aliphatic heterocycles. The molecule has 0 aromatic carbocycles. The van der Waals surface area contributed by atoms with E-state index >= 15 is 0 Å². The minimum atomic E-state index is -3.37. The fourth-order valence-electron chi connectivity index (χ4n) is 2.20. The SMILES string of the molecule is CC(C)C[C@H](NC(=O)CNC(=O)CN1CCCS1(=O)=O)C(=O)O. The van der Waals surface area contributed by atoms with E-state index in [1.807, 2.05) is 13.8 Å². The van der Waals surface area contributed by atoms with Crippen LogP contribution in [0.2, 0.25) is 0 Å². The van der Waals surface area contributed by atoms with Crippen LogP contribution in [0.5, 0.6) is 0 Å². The number of rotatable bonds is 8. The van der Waals surface area contributed by atoms with Crippen LogP contribution in [0.4, 0.5) is 0 Å². The summed E-state index contributed by atoms with van der Waals surface area (Å²) in [5.74, 6) is -2.25. The highest BCUT2D eigenvalue weighted by Gasteiger charge is 2.30. The number of carbonyl (C=O) groups excluding carboxylic acids is 2. The zero-order valence-electron chi connectivity index (χ0n) is 13.2. The summed E-state index contributed by atoms with van der Waals surface area (Å²) in [5.41, 5.74) is 0. The van der Waals surface area contributed by atoms with Crippen LogP contribution in [-0.2, 0) is 24.4 Å². The van der Waals surface area contributed by atoms with Crippen molar-refractivity contribution in [2.45, 2.75) is 32.7 Å². The van der Waals surface area contributed by atoms with E-state index in [4.69, 9.17) is 5.11 Å². The Morgan fingerprint density at radius 1 is 1.22 bits per heavy atom. The van der Waals surface area contributed by atoms with Gasteiger partial charge in [-0.05, 0) is 18.8 Å². The lowest BCUT2D eigenvalue weighted by Crippen LogP contribution is -2.47. The minimum absolute atomic E-state index is 0.0241. The molecule has 1 saturated heterocycles. The van der Waals surface area contributed by atoms with Gasteiger partial charge in [-0.15, -0.1) is 0 Å². The van der Waals surface area contributed by atoms with E-state index in [0.717, 1.165) is 4.31 Å². The molecule has 23 heavy (non-hydrogen) atoms. The van der Waals surface area contributed by atoms with Crippen LogP contribution < -0.4 is 10.6 Å². The Morgan fingerprint density at radius 2 is 1.87 bits per heavy atom. The molecule has 0 aromatic rings. The fourth-order valence-corrected chi connectivity index (χ4v) is 3.68. The number of nitrogens with one attached hydrogen (secondary N) is 2. The van der Waals surface area contributed by atoms with Gasteiger partial charge in [-0.25, -0.2) is 13.2 Å². The Balaban J connectivity index is 2.40. The molecule has 0 aliphatic carbocycles. The van der Waals surface area contributed by atoms with Crippen LogP contribution in [0.25, 0.3) is 0 Å². The summed E-state index contributed by atoms with van der Waals surface area (Å²) < 4.78 is 24.2. The normalized spacial score (nSPS) is 18.6. The first-order valence-corrected chi connectivity index (χ1v) is 8.99. The van der Waals surface area contributed by atoms with E-state index in [1.165, 1.54) is 0 Å². The predicted octanol–water partition coefficient (Wildman–Crippen LogP) is -1.25. The molecule has 1 heterocycles. The molecule has 0 bridgehead atoms. The second kappa shape index (κ2) is 8.25. The van der Waals surface area contributed by atoms with E-state index in [2.05, 4.69) is 10.6 Å². The number of aliphatic carboxylic acids is 1. The van der Waals surface area contributed by atoms with Crippen molar-refractivity contribution in [2.24, 2.45) is 5.92 Å². The van der Waals surface area contributed by atoms with Crippen molar-refractivity contribution in [2.75, 3.05) is 25.4 Å². The summed E-state index contributed by atoms with van der Waals surface area (Å²) in [6.07, 6.45) is 0.757. The largest absolute Gasteiger partial charge is 0.480 e. The molecule has 0 aromatic heterocycles. The molecule has 1 atom stereocenters. The number of carboxylic acids is 1. The van der Waals surface area contributed by atoms with Crippen molar-refractivity contribution >= 4 is 27.8 Å². The maximum absolute atomic E-state index is 11.7. The molecule has 132 valence electrons. The number of amides is 2. The number of carbonyl (C=O) groups is 3. The molecule has 0 saturated carbocycles. The maximum Gasteiger partial charge on any atom is 0.326 e. The monoisotopic (exact) mass is 349 g/mol. The average molecular weight is 349 g/mol. The molecule has 3 N–H and O–H groups in total. The molecule has 2 amide bonds. The minimum Gasteiger partial charge on any atom is -0.480 e. The first kappa shape index (κ1) is 19.4. The summed E-state index contributed by atoms with van der Waals surface area (Å²) >= 11 is 0. The zero-order valence-corrected chi connectivity index (χ0v) is 14.1. The number of hydrogen-bond acceptors (Lipinski definition) is 5. The summed E-state index contributed by atoms with van der Waals surface area (Å²) in [6, 6.07) is -1.02. The van der Waals surface area contributed by atoms with Gasteiger partial charge in [-0.3, -0.25) is 9.59 Å². The quantitative estimate of drug-likeness (QED) is 0.502. The second-order valence-corrected chi connectivity index (χ2v) is 7.96. The Kier molecular flexibility index (Phi) is 6.95. The van der Waals surface area contributed by atoms with Gasteiger partial charge in [-0.1, -0.05) is 13.8 Å². The second-order valence-electron chi connectivity index (χ2n) is 5.87. The smallest absolute Gasteiger partial charge is 0.326 e. The molecule has 0 radical (unpaired) electrons. The van der Waals surface area contributed by atoms with Crippen molar-refractivity contribution in [1.82, 2.24) is 14.9 Å². The molecule has 9 nitrogen and oxygen atoms in total. The third-order valence-electron chi connectivity index (χ3n) is 3.31. The van der Waals surface area contributed by atoms with E-state index in [0.29, 0.717) is 6.42 Å². The molecule has 1 fully saturated rings. The fraction of sp³-hybridized carbons (Fsp3) is 0.769. The molecule has 1 aliphatic rings. The standard InChI is InChI=1S/C13H23N3O6S/c1-9(2)6-10(13(19)20)15-11(17)7-14-12(18)8-16-4-3-5-23(16,21)22/h9-10H,3-8H2,1-2H3,(H,14,18)(H,15,17)(H,19,20)/t10-/m0/s1. The molecule has 0 unspecified atom stereocenters. The van der Waals surface area contributed by atoms with E-state index in [-0.39, 0.29) is 31.2 Å². The Morgan fingerprint density at radius 3 is 2.35 bits per heavy atom. The highest BCUT2D eigenvalue weighted by atomic mass is 32.2. The lowest BCUT2D eigenvalue weighted by molar-refractivity contribution is -0.142. The van der Waals surface area contributed by atoms with Crippen LogP contribution in [0.1, 0.15) is 26.7 Å². The van der Waals surface area contributed by atoms with Gasteiger partial charge in [-0.2, -0.15) is 4.31 Å². The third-order valence-corrected chi connectivity index (χ3v) is 5.21. The topological polar surface area (TPSA) is 133 Å². The first-order chi connectivity index (χ1) is 10.6. The number of carboxylic acid groups (broad SMARTS) is 1. The van der Waals surface area contributed by atoms with Gasteiger partial charge in [0, 0.05) is 6.54 Å². The van der Waals surface area contributed by atoms with Crippen molar-refractivity contribution in [3.05, 3.63) is 0 Å². The highest BCUT2D eigenvalue weighted by Crippen LogP contribution is 2.12. The Labute approximate surface area is 135 Å². The maximum atomic E-state index is 11.7. The lowest BCUT2D eigenvalue weighted by Gasteiger charge is -2.17. The zero-order chi connectivity index (χ0) is 17.6. The number of hydrogen-bond donors (Lipinski definition) is 3. The first-order valence-electron chi connectivity index (χ1n) is 7.38. The Hall–Kier alpha value is -1.68. The van der Waals surface area contributed by atoms with Crippen LogP contribution in [-0.4, -0.2) is 67.0 Å². The van der Waals surface area contributed by atoms with Gasteiger partial charge in [0.1, 0.15) is 6.04 Å².